The third-order valence-electron chi connectivity index (χ3n) is 3.21. The first-order valence-corrected chi connectivity index (χ1v) is 10.7. The Morgan fingerprint density at radius 2 is 1.65 bits per heavy atom. The van der Waals surface area contributed by atoms with Gasteiger partial charge in [-0.3, -0.25) is 0 Å². The van der Waals surface area contributed by atoms with Gasteiger partial charge in [-0.25, -0.2) is 0 Å². The van der Waals surface area contributed by atoms with Gasteiger partial charge in [0.25, 0.3) is 0 Å². The third kappa shape index (κ3) is 4.00. The minimum absolute atomic E-state index is 0. The van der Waals surface area contributed by atoms with Crippen molar-refractivity contribution in [1.82, 2.24) is 0 Å². The second-order valence-corrected chi connectivity index (χ2v) is 9.93. The second-order valence-electron chi connectivity index (χ2n) is 6.18. The zero-order chi connectivity index (χ0) is 13.5. The van der Waals surface area contributed by atoms with Gasteiger partial charge in [-0.15, -0.1) is 0 Å². The van der Waals surface area contributed by atoms with E-state index in [9.17, 15) is 0 Å². The number of hydrogen-bond donors (Lipinski definition) is 0. The molecule has 0 saturated heterocycles. The van der Waals surface area contributed by atoms with Crippen LogP contribution in [0.3, 0.4) is 0 Å². The predicted octanol–water partition coefficient (Wildman–Crippen LogP) is -1.95. The standard InChI is InChI=1S/C15H21OSi.2ClH.Zr/c1-15(2,3)13-10-11-8-6-7-9-12(11)14(13)16-17(4)5;;;/h6-10,17H,1-5H3;2*1H;/q;;;+2/p-2. The maximum absolute atomic E-state index is 6.28. The molecule has 109 valence electrons. The molecule has 1 nitrogen and oxygen atoms in total. The molecule has 1 unspecified atom stereocenters. The van der Waals surface area contributed by atoms with Crippen LogP contribution in [-0.4, -0.2) is 9.04 Å². The van der Waals surface area contributed by atoms with Crippen molar-refractivity contribution in [3.8, 4) is 0 Å². The molecule has 1 atom stereocenters. The molecule has 0 radical (unpaired) electrons. The van der Waals surface area contributed by atoms with Crippen LogP contribution in [0.5, 0.6) is 0 Å². The number of rotatable bonds is 2. The Morgan fingerprint density at radius 3 is 2.15 bits per heavy atom. The molecule has 1 aliphatic carbocycles. The number of allylic oxidation sites excluding steroid dienone is 1. The van der Waals surface area contributed by atoms with Crippen molar-refractivity contribution in [1.29, 1.82) is 0 Å². The first-order valence-electron chi connectivity index (χ1n) is 6.54. The summed E-state index contributed by atoms with van der Waals surface area (Å²) in [6.45, 7) is 11.4. The van der Waals surface area contributed by atoms with Gasteiger partial charge in [0, 0.05) is 0 Å². The zero-order valence-corrected chi connectivity index (χ0v) is 17.8. The maximum Gasteiger partial charge on any atom is -1.00 e. The molecule has 5 heteroatoms. The van der Waals surface area contributed by atoms with Crippen LogP contribution in [0.1, 0.15) is 35.5 Å². The Morgan fingerprint density at radius 1 is 1.10 bits per heavy atom. The number of benzene rings is 1. The summed E-state index contributed by atoms with van der Waals surface area (Å²) in [5, 5.41) is 0. The van der Waals surface area contributed by atoms with E-state index in [1.165, 1.54) is 22.5 Å². The Bertz CT molecular complexity index is 495. The van der Waals surface area contributed by atoms with Gasteiger partial charge >= 0.3 is 128 Å². The number of halogens is 2. The maximum atomic E-state index is 6.28. The third-order valence-corrected chi connectivity index (χ3v) is 5.39. The molecule has 0 bridgehead atoms. The number of hydrogen-bond acceptors (Lipinski definition) is 1. The average molecular weight is 408 g/mol. The van der Waals surface area contributed by atoms with E-state index in [2.05, 4.69) is 58.1 Å². The minimum Gasteiger partial charge on any atom is -1.00 e. The van der Waals surface area contributed by atoms with Crippen LogP contribution in [0.15, 0.2) is 29.8 Å². The fraction of sp³-hybridized carbons (Fsp3) is 0.467. The molecule has 1 aromatic rings. The molecule has 1 aliphatic rings. The Kier molecular flexibility index (Phi) is 7.79. The van der Waals surface area contributed by atoms with E-state index in [1.807, 2.05) is 0 Å². The van der Waals surface area contributed by atoms with E-state index >= 15 is 0 Å². The van der Waals surface area contributed by atoms with Gasteiger partial charge in [0.1, 0.15) is 0 Å². The SMILES string of the molecule is C[SiH](C)OC1=C(C(C)(C)C)[CH]([Zr+2])c2ccccc21.[Cl-].[Cl-]. The molecule has 0 amide bonds. The van der Waals surface area contributed by atoms with Crippen LogP contribution in [0.4, 0.5) is 0 Å². The first kappa shape index (κ1) is 20.4. The van der Waals surface area contributed by atoms with Gasteiger partial charge in [0.2, 0.25) is 0 Å². The normalized spacial score (nSPS) is 17.5. The summed E-state index contributed by atoms with van der Waals surface area (Å²) in [5.74, 6) is 1.20. The summed E-state index contributed by atoms with van der Waals surface area (Å²) >= 11 is 1.56. The van der Waals surface area contributed by atoms with Crippen LogP contribution in [-0.2, 0) is 29.1 Å². The Balaban J connectivity index is 0.00000180. The molecule has 0 heterocycles. The van der Waals surface area contributed by atoms with Gasteiger partial charge in [-0.05, 0) is 0 Å². The minimum atomic E-state index is -1.07. The van der Waals surface area contributed by atoms with Crippen LogP contribution in [0.25, 0.3) is 5.76 Å². The second kappa shape index (κ2) is 7.63. The van der Waals surface area contributed by atoms with Crippen molar-refractivity contribution in [3.05, 3.63) is 41.0 Å². The quantitative estimate of drug-likeness (QED) is 0.518. The van der Waals surface area contributed by atoms with Crippen LogP contribution < -0.4 is 24.8 Å². The summed E-state index contributed by atoms with van der Waals surface area (Å²) in [6.07, 6.45) is 0. The van der Waals surface area contributed by atoms with Crippen molar-refractivity contribution in [2.45, 2.75) is 37.5 Å². The van der Waals surface area contributed by atoms with Crippen molar-refractivity contribution in [2.24, 2.45) is 5.41 Å². The largest absolute Gasteiger partial charge is 1.00 e. The van der Waals surface area contributed by atoms with Crippen molar-refractivity contribution < 1.29 is 54.0 Å². The Labute approximate surface area is 152 Å². The zero-order valence-electron chi connectivity index (χ0n) is 12.6. The van der Waals surface area contributed by atoms with Crippen LogP contribution in [0.2, 0.25) is 13.1 Å². The molecule has 0 spiro atoms. The van der Waals surface area contributed by atoms with E-state index in [4.69, 9.17) is 4.43 Å². The summed E-state index contributed by atoms with van der Waals surface area (Å²) in [5.41, 5.74) is 4.49. The molecule has 0 saturated carbocycles. The average Bonchev–Trinajstić information content (AvgIpc) is 2.52. The predicted molar refractivity (Wildman–Crippen MR) is 75.5 cm³/mol. The van der Waals surface area contributed by atoms with Crippen molar-refractivity contribution in [2.75, 3.05) is 0 Å². The Hall–Kier alpha value is 0.440. The van der Waals surface area contributed by atoms with E-state index in [-0.39, 0.29) is 30.2 Å². The molecule has 2 rings (SSSR count). The van der Waals surface area contributed by atoms with Crippen LogP contribution >= 0.6 is 0 Å². The van der Waals surface area contributed by atoms with Gasteiger partial charge in [0.05, 0.1) is 0 Å². The monoisotopic (exact) mass is 405 g/mol. The fourth-order valence-corrected chi connectivity index (χ4v) is 5.25. The van der Waals surface area contributed by atoms with Crippen molar-refractivity contribution in [3.63, 3.8) is 0 Å². The molecule has 1 aromatic carbocycles. The topological polar surface area (TPSA) is 9.23 Å². The summed E-state index contributed by atoms with van der Waals surface area (Å²) < 4.78 is 6.85. The summed E-state index contributed by atoms with van der Waals surface area (Å²) in [4.78, 5) is 0. The molecular formula is C15H21Cl2OSiZr. The van der Waals surface area contributed by atoms with Gasteiger partial charge in [-0.1, -0.05) is 0 Å². The first-order chi connectivity index (χ1) is 8.32. The van der Waals surface area contributed by atoms with Gasteiger partial charge < -0.3 is 24.8 Å². The van der Waals surface area contributed by atoms with Crippen LogP contribution in [0, 0.1) is 5.41 Å². The molecular weight excluding hydrogens is 386 g/mol. The van der Waals surface area contributed by atoms with E-state index in [0.29, 0.717) is 3.63 Å². The molecule has 20 heavy (non-hydrogen) atoms. The summed E-state index contributed by atoms with van der Waals surface area (Å²) in [6, 6.07) is 8.75. The van der Waals surface area contributed by atoms with E-state index in [0.717, 1.165) is 0 Å². The molecule has 0 aliphatic heterocycles. The number of fused-ring (bicyclic) bond motifs is 1. The van der Waals surface area contributed by atoms with Crippen molar-refractivity contribution >= 4 is 14.8 Å². The summed E-state index contributed by atoms with van der Waals surface area (Å²) in [7, 11) is -1.07. The molecule has 0 N–H and O–H groups in total. The van der Waals surface area contributed by atoms with E-state index < -0.39 is 9.04 Å². The van der Waals surface area contributed by atoms with E-state index in [1.54, 1.807) is 24.7 Å². The van der Waals surface area contributed by atoms with Gasteiger partial charge in [0.15, 0.2) is 0 Å². The molecule has 0 aromatic heterocycles. The smallest absolute Gasteiger partial charge is 1.00 e. The van der Waals surface area contributed by atoms with Gasteiger partial charge in [-0.2, -0.15) is 0 Å². The fourth-order valence-electron chi connectivity index (χ4n) is 2.52. The molecule has 0 fully saturated rings.